The molecule has 1 fully saturated rings. The first-order valence-electron chi connectivity index (χ1n) is 6.27. The van der Waals surface area contributed by atoms with Crippen LogP contribution in [-0.4, -0.2) is 22.6 Å². The fourth-order valence-corrected chi connectivity index (χ4v) is 2.91. The number of halogens is 1. The number of hydrogen-bond donors (Lipinski definition) is 1. The maximum atomic E-state index is 9.48. The third-order valence-corrected chi connectivity index (χ3v) is 4.28. The minimum atomic E-state index is 0.314. The number of phenols is 1. The first kappa shape index (κ1) is 12.9. The summed E-state index contributed by atoms with van der Waals surface area (Å²) in [4.78, 5) is 2.53. The molecular weight excluding hydrogens is 278 g/mol. The van der Waals surface area contributed by atoms with E-state index in [1.165, 1.54) is 24.9 Å². The van der Waals surface area contributed by atoms with Crippen LogP contribution in [0.25, 0.3) is 0 Å². The van der Waals surface area contributed by atoms with Crippen LogP contribution in [0.15, 0.2) is 22.7 Å². The molecule has 0 aliphatic carbocycles. The van der Waals surface area contributed by atoms with Crippen molar-refractivity contribution in [2.45, 2.75) is 39.3 Å². The Hall–Kier alpha value is -0.540. The molecule has 1 N–H and O–H groups in total. The highest BCUT2D eigenvalue weighted by molar-refractivity contribution is 9.10. The first-order valence-corrected chi connectivity index (χ1v) is 7.07. The summed E-state index contributed by atoms with van der Waals surface area (Å²) in [5.74, 6) is 1.11. The zero-order chi connectivity index (χ0) is 12.4. The largest absolute Gasteiger partial charge is 0.507 e. The van der Waals surface area contributed by atoms with Crippen molar-refractivity contribution < 1.29 is 5.11 Å². The Labute approximate surface area is 112 Å². The minimum Gasteiger partial charge on any atom is -0.507 e. The lowest BCUT2D eigenvalue weighted by molar-refractivity contribution is 0.117. The summed E-state index contributed by atoms with van der Waals surface area (Å²) >= 11 is 3.37. The van der Waals surface area contributed by atoms with Crippen LogP contribution in [0.1, 0.15) is 32.3 Å². The second kappa shape index (κ2) is 5.40. The number of likely N-dealkylation sites (tertiary alicyclic amines) is 1. The van der Waals surface area contributed by atoms with Gasteiger partial charge in [-0.1, -0.05) is 13.0 Å². The number of phenolic OH excluding ortho intramolecular Hbond substituents is 1. The van der Waals surface area contributed by atoms with Gasteiger partial charge in [-0.15, -0.1) is 0 Å². The third kappa shape index (κ3) is 3.23. The normalized spacial score (nSPS) is 26.1. The summed E-state index contributed by atoms with van der Waals surface area (Å²) in [5, 5.41) is 9.48. The number of aromatic hydroxyl groups is 1. The van der Waals surface area contributed by atoms with Crippen LogP contribution in [-0.2, 0) is 6.54 Å². The van der Waals surface area contributed by atoms with Crippen LogP contribution in [0.4, 0.5) is 0 Å². The van der Waals surface area contributed by atoms with E-state index in [0.717, 1.165) is 16.9 Å². The molecule has 0 amide bonds. The molecular formula is C14H20BrNO. The van der Waals surface area contributed by atoms with Gasteiger partial charge in [0.2, 0.25) is 0 Å². The molecule has 0 radical (unpaired) electrons. The average molecular weight is 298 g/mol. The second-order valence-electron chi connectivity index (χ2n) is 5.25. The van der Waals surface area contributed by atoms with Gasteiger partial charge in [0.1, 0.15) is 5.75 Å². The van der Waals surface area contributed by atoms with E-state index >= 15 is 0 Å². The van der Waals surface area contributed by atoms with Crippen molar-refractivity contribution in [2.24, 2.45) is 5.92 Å². The van der Waals surface area contributed by atoms with Crippen molar-refractivity contribution in [3.8, 4) is 5.75 Å². The van der Waals surface area contributed by atoms with Gasteiger partial charge in [0, 0.05) is 19.1 Å². The number of benzene rings is 1. The Morgan fingerprint density at radius 3 is 2.82 bits per heavy atom. The molecule has 1 heterocycles. The molecule has 0 saturated carbocycles. The van der Waals surface area contributed by atoms with Crippen LogP contribution >= 0.6 is 15.9 Å². The van der Waals surface area contributed by atoms with Gasteiger partial charge in [0.25, 0.3) is 0 Å². The number of nitrogens with zero attached hydrogens (tertiary/aromatic N) is 1. The van der Waals surface area contributed by atoms with Crippen molar-refractivity contribution in [3.05, 3.63) is 28.2 Å². The molecule has 1 saturated heterocycles. The summed E-state index contributed by atoms with van der Waals surface area (Å²) in [6, 6.07) is 6.45. The van der Waals surface area contributed by atoms with Crippen LogP contribution in [0.5, 0.6) is 5.75 Å². The average Bonchev–Trinajstić information content (AvgIpc) is 2.29. The van der Waals surface area contributed by atoms with Gasteiger partial charge in [-0.25, -0.2) is 0 Å². The van der Waals surface area contributed by atoms with Gasteiger partial charge in [0.05, 0.1) is 4.47 Å². The zero-order valence-corrected chi connectivity index (χ0v) is 12.1. The predicted octanol–water partition coefficient (Wildman–Crippen LogP) is 3.78. The topological polar surface area (TPSA) is 23.5 Å². The summed E-state index contributed by atoms with van der Waals surface area (Å²) in [6.07, 6.45) is 2.64. The van der Waals surface area contributed by atoms with Crippen LogP contribution in [0.3, 0.4) is 0 Å². The van der Waals surface area contributed by atoms with Gasteiger partial charge in [0.15, 0.2) is 0 Å². The molecule has 17 heavy (non-hydrogen) atoms. The molecule has 0 aromatic heterocycles. The molecule has 1 aromatic rings. The Balaban J connectivity index is 2.06. The van der Waals surface area contributed by atoms with Crippen LogP contribution < -0.4 is 0 Å². The zero-order valence-electron chi connectivity index (χ0n) is 10.5. The third-order valence-electron chi connectivity index (χ3n) is 3.64. The lowest BCUT2D eigenvalue weighted by atomic mass is 9.94. The van der Waals surface area contributed by atoms with Crippen molar-refractivity contribution in [3.63, 3.8) is 0 Å². The first-order chi connectivity index (χ1) is 8.06. The highest BCUT2D eigenvalue weighted by Crippen LogP contribution is 2.27. The van der Waals surface area contributed by atoms with Crippen molar-refractivity contribution in [1.29, 1.82) is 0 Å². The van der Waals surface area contributed by atoms with E-state index in [9.17, 15) is 5.11 Å². The molecule has 94 valence electrons. The molecule has 1 aliphatic rings. The maximum Gasteiger partial charge on any atom is 0.129 e. The van der Waals surface area contributed by atoms with E-state index in [2.05, 4.69) is 34.7 Å². The molecule has 1 aromatic carbocycles. The van der Waals surface area contributed by atoms with Crippen LogP contribution in [0, 0.1) is 5.92 Å². The van der Waals surface area contributed by atoms with Crippen molar-refractivity contribution in [2.75, 3.05) is 6.54 Å². The van der Waals surface area contributed by atoms with Gasteiger partial charge in [-0.05, 0) is 59.3 Å². The maximum absolute atomic E-state index is 9.48. The highest BCUT2D eigenvalue weighted by Gasteiger charge is 2.22. The van der Waals surface area contributed by atoms with E-state index in [-0.39, 0.29) is 0 Å². The van der Waals surface area contributed by atoms with E-state index in [0.29, 0.717) is 11.8 Å². The monoisotopic (exact) mass is 297 g/mol. The van der Waals surface area contributed by atoms with E-state index in [1.807, 2.05) is 12.1 Å². The van der Waals surface area contributed by atoms with Gasteiger partial charge >= 0.3 is 0 Å². The number of hydrogen-bond acceptors (Lipinski definition) is 2. The Kier molecular flexibility index (Phi) is 4.10. The smallest absolute Gasteiger partial charge is 0.129 e. The van der Waals surface area contributed by atoms with Crippen molar-refractivity contribution >= 4 is 15.9 Å². The number of piperidine rings is 1. The molecule has 1 aliphatic heterocycles. The lowest BCUT2D eigenvalue weighted by Crippen LogP contribution is -2.40. The molecule has 0 bridgehead atoms. The quantitative estimate of drug-likeness (QED) is 0.898. The highest BCUT2D eigenvalue weighted by atomic mass is 79.9. The minimum absolute atomic E-state index is 0.314. The summed E-state index contributed by atoms with van der Waals surface area (Å²) in [6.45, 7) is 6.79. The molecule has 3 heteroatoms. The van der Waals surface area contributed by atoms with E-state index in [1.54, 1.807) is 6.07 Å². The van der Waals surface area contributed by atoms with E-state index < -0.39 is 0 Å². The second-order valence-corrected chi connectivity index (χ2v) is 6.10. The molecule has 0 spiro atoms. The molecule has 2 atom stereocenters. The Bertz CT molecular complexity index is 394. The fraction of sp³-hybridized carbons (Fsp3) is 0.571. The Morgan fingerprint density at radius 2 is 2.12 bits per heavy atom. The standard InChI is InChI=1S/C14H20BrNO/c1-10-3-4-11(2)16(8-10)9-12-5-6-14(17)13(15)7-12/h5-7,10-11,17H,3-4,8-9H2,1-2H3. The Morgan fingerprint density at radius 1 is 1.35 bits per heavy atom. The van der Waals surface area contributed by atoms with Gasteiger partial charge in [-0.2, -0.15) is 0 Å². The molecule has 2 nitrogen and oxygen atoms in total. The number of rotatable bonds is 2. The van der Waals surface area contributed by atoms with E-state index in [4.69, 9.17) is 0 Å². The fourth-order valence-electron chi connectivity index (χ4n) is 2.48. The van der Waals surface area contributed by atoms with Gasteiger partial charge < -0.3 is 5.11 Å². The van der Waals surface area contributed by atoms with Crippen LogP contribution in [0.2, 0.25) is 0 Å². The predicted molar refractivity (Wildman–Crippen MR) is 74.1 cm³/mol. The SMILES string of the molecule is CC1CCC(C)N(Cc2ccc(O)c(Br)c2)C1. The molecule has 2 rings (SSSR count). The summed E-state index contributed by atoms with van der Waals surface area (Å²) in [7, 11) is 0. The lowest BCUT2D eigenvalue weighted by Gasteiger charge is -2.36. The summed E-state index contributed by atoms with van der Waals surface area (Å²) in [5.41, 5.74) is 1.26. The molecule has 2 unspecified atom stereocenters. The summed E-state index contributed by atoms with van der Waals surface area (Å²) < 4.78 is 0.785. The van der Waals surface area contributed by atoms with Gasteiger partial charge in [-0.3, -0.25) is 4.90 Å². The van der Waals surface area contributed by atoms with Crippen molar-refractivity contribution in [1.82, 2.24) is 4.90 Å².